The van der Waals surface area contributed by atoms with Gasteiger partial charge in [-0.15, -0.1) is 0 Å². The van der Waals surface area contributed by atoms with Crippen LogP contribution in [0.3, 0.4) is 0 Å². The molecule has 1 N–H and O–H groups in total. The fourth-order valence-electron chi connectivity index (χ4n) is 2.81. The fourth-order valence-corrected chi connectivity index (χ4v) is 5.07. The number of nitrogens with one attached hydrogen (secondary N) is 1. The van der Waals surface area contributed by atoms with Crippen LogP contribution < -0.4 is 4.72 Å². The van der Waals surface area contributed by atoms with Crippen LogP contribution in [0.2, 0.25) is 5.02 Å². The van der Waals surface area contributed by atoms with Crippen molar-refractivity contribution in [1.82, 2.24) is 9.62 Å². The summed E-state index contributed by atoms with van der Waals surface area (Å²) in [6.45, 7) is 1.98. The lowest BCUT2D eigenvalue weighted by Gasteiger charge is -2.48. The summed E-state index contributed by atoms with van der Waals surface area (Å²) in [5, 5.41) is 3.77. The minimum absolute atomic E-state index is 0.0250. The summed E-state index contributed by atoms with van der Waals surface area (Å²) in [4.78, 5) is 26.4. The lowest BCUT2D eigenvalue weighted by atomic mass is 9.85. The van der Waals surface area contributed by atoms with E-state index in [1.54, 1.807) is 13.0 Å². The summed E-state index contributed by atoms with van der Waals surface area (Å²) in [5.41, 5.74) is -0.320. The standard InChI is InChI=1S/C17H17ClN2O4S2/c1-17(7-8-20(17)15(21)10-12-6-9-25-11-12)16(22)19-26(23,24)14-5-3-2-4-13(14)18/h2-6,9,11H,7-8,10H2,1H3,(H,19,22). The molecule has 138 valence electrons. The van der Waals surface area contributed by atoms with E-state index in [2.05, 4.69) is 4.72 Å². The Hall–Kier alpha value is -1.90. The molecule has 2 aromatic rings. The highest BCUT2D eigenvalue weighted by atomic mass is 35.5. The zero-order valence-electron chi connectivity index (χ0n) is 13.9. The number of carbonyl (C=O) groups excluding carboxylic acids is 2. The van der Waals surface area contributed by atoms with Crippen LogP contribution in [0, 0.1) is 0 Å². The fraction of sp³-hybridized carbons (Fsp3) is 0.294. The molecule has 0 aliphatic carbocycles. The Morgan fingerprint density at radius 3 is 2.62 bits per heavy atom. The number of rotatable bonds is 5. The van der Waals surface area contributed by atoms with Crippen molar-refractivity contribution >= 4 is 44.8 Å². The van der Waals surface area contributed by atoms with Gasteiger partial charge in [0, 0.05) is 6.54 Å². The SMILES string of the molecule is CC1(C(=O)NS(=O)(=O)c2ccccc2Cl)CCN1C(=O)Cc1ccsc1. The zero-order valence-corrected chi connectivity index (χ0v) is 16.3. The number of sulfonamides is 1. The molecular formula is C17H17ClN2O4S2. The lowest BCUT2D eigenvalue weighted by molar-refractivity contribution is -0.156. The van der Waals surface area contributed by atoms with Crippen molar-refractivity contribution in [3.8, 4) is 0 Å². The van der Waals surface area contributed by atoms with E-state index >= 15 is 0 Å². The molecule has 1 saturated heterocycles. The second kappa shape index (κ2) is 7.02. The van der Waals surface area contributed by atoms with Crippen LogP contribution in [0.4, 0.5) is 0 Å². The van der Waals surface area contributed by atoms with E-state index in [9.17, 15) is 18.0 Å². The van der Waals surface area contributed by atoms with Crippen LogP contribution in [-0.2, 0) is 26.0 Å². The molecule has 2 heterocycles. The molecule has 0 radical (unpaired) electrons. The van der Waals surface area contributed by atoms with Gasteiger partial charge in [0.05, 0.1) is 11.4 Å². The Morgan fingerprint density at radius 2 is 2.04 bits per heavy atom. The van der Waals surface area contributed by atoms with Crippen molar-refractivity contribution in [2.75, 3.05) is 6.54 Å². The molecule has 0 saturated carbocycles. The summed E-state index contributed by atoms with van der Waals surface area (Å²) in [6.07, 6.45) is 0.579. The number of likely N-dealkylation sites (tertiary alicyclic amines) is 1. The van der Waals surface area contributed by atoms with Crippen molar-refractivity contribution in [3.63, 3.8) is 0 Å². The molecule has 6 nitrogen and oxygen atoms in total. The second-order valence-corrected chi connectivity index (χ2v) is 9.08. The highest BCUT2D eigenvalue weighted by Crippen LogP contribution is 2.32. The van der Waals surface area contributed by atoms with Crippen molar-refractivity contribution in [2.45, 2.75) is 30.2 Å². The predicted molar refractivity (Wildman–Crippen MR) is 99.5 cm³/mol. The van der Waals surface area contributed by atoms with Gasteiger partial charge in [0.25, 0.3) is 15.9 Å². The number of nitrogens with zero attached hydrogens (tertiary/aromatic N) is 1. The monoisotopic (exact) mass is 412 g/mol. The number of hydrogen-bond acceptors (Lipinski definition) is 5. The Bertz CT molecular complexity index is 943. The average molecular weight is 413 g/mol. The molecule has 1 atom stereocenters. The number of halogens is 1. The first kappa shape index (κ1) is 18.9. The van der Waals surface area contributed by atoms with E-state index in [1.165, 1.54) is 34.4 Å². The van der Waals surface area contributed by atoms with Gasteiger partial charge in [-0.2, -0.15) is 11.3 Å². The van der Waals surface area contributed by atoms with E-state index in [1.807, 2.05) is 16.8 Å². The summed E-state index contributed by atoms with van der Waals surface area (Å²) >= 11 is 7.41. The molecule has 26 heavy (non-hydrogen) atoms. The normalized spacial score (nSPS) is 19.7. The molecule has 1 aromatic heterocycles. The van der Waals surface area contributed by atoms with E-state index < -0.39 is 21.5 Å². The lowest BCUT2D eigenvalue weighted by Crippen LogP contribution is -2.68. The quantitative estimate of drug-likeness (QED) is 0.817. The predicted octanol–water partition coefficient (Wildman–Crippen LogP) is 2.44. The van der Waals surface area contributed by atoms with Gasteiger partial charge in [0.2, 0.25) is 5.91 Å². The molecule has 3 rings (SSSR count). The number of hydrogen-bond donors (Lipinski definition) is 1. The summed E-state index contributed by atoms with van der Waals surface area (Å²) in [6, 6.07) is 7.72. The Morgan fingerprint density at radius 1 is 1.31 bits per heavy atom. The highest BCUT2D eigenvalue weighted by molar-refractivity contribution is 7.90. The van der Waals surface area contributed by atoms with Gasteiger partial charge in [0.1, 0.15) is 10.4 Å². The van der Waals surface area contributed by atoms with Gasteiger partial charge in [-0.25, -0.2) is 13.1 Å². The molecule has 1 aromatic carbocycles. The third kappa shape index (κ3) is 3.49. The van der Waals surface area contributed by atoms with Crippen LogP contribution in [0.5, 0.6) is 0 Å². The number of amides is 2. The van der Waals surface area contributed by atoms with Crippen LogP contribution in [-0.4, -0.2) is 37.2 Å². The Kier molecular flexibility index (Phi) is 5.09. The maximum atomic E-state index is 12.6. The van der Waals surface area contributed by atoms with Crippen molar-refractivity contribution < 1.29 is 18.0 Å². The topological polar surface area (TPSA) is 83.6 Å². The third-order valence-corrected chi connectivity index (χ3v) is 7.06. The van der Waals surface area contributed by atoms with E-state index in [0.717, 1.165) is 5.56 Å². The van der Waals surface area contributed by atoms with Crippen LogP contribution in [0.15, 0.2) is 46.0 Å². The molecule has 2 amide bonds. The molecule has 0 bridgehead atoms. The van der Waals surface area contributed by atoms with Gasteiger partial charge in [-0.3, -0.25) is 9.59 Å². The molecular weight excluding hydrogens is 396 g/mol. The van der Waals surface area contributed by atoms with Crippen LogP contribution >= 0.6 is 22.9 Å². The molecule has 9 heteroatoms. The second-order valence-electron chi connectivity index (χ2n) is 6.24. The smallest absolute Gasteiger partial charge is 0.265 e. The molecule has 1 fully saturated rings. The van der Waals surface area contributed by atoms with E-state index in [0.29, 0.717) is 13.0 Å². The van der Waals surface area contributed by atoms with Crippen LogP contribution in [0.1, 0.15) is 18.9 Å². The van der Waals surface area contributed by atoms with Crippen molar-refractivity contribution in [2.24, 2.45) is 0 Å². The molecule has 1 aliphatic rings. The van der Waals surface area contributed by atoms with Gasteiger partial charge in [-0.1, -0.05) is 23.7 Å². The van der Waals surface area contributed by atoms with Crippen molar-refractivity contribution in [1.29, 1.82) is 0 Å². The van der Waals surface area contributed by atoms with Crippen molar-refractivity contribution in [3.05, 3.63) is 51.7 Å². The zero-order chi connectivity index (χ0) is 18.9. The molecule has 1 unspecified atom stereocenters. The third-order valence-electron chi connectivity index (χ3n) is 4.50. The number of benzene rings is 1. The molecule has 1 aliphatic heterocycles. The van der Waals surface area contributed by atoms with Crippen LogP contribution in [0.25, 0.3) is 0 Å². The number of carbonyl (C=O) groups is 2. The summed E-state index contributed by atoms with van der Waals surface area (Å²) in [7, 11) is -4.12. The summed E-state index contributed by atoms with van der Waals surface area (Å²) in [5.74, 6) is -0.940. The maximum Gasteiger partial charge on any atom is 0.265 e. The Labute approximate surface area is 160 Å². The molecule has 0 spiro atoms. The largest absolute Gasteiger partial charge is 0.328 e. The van der Waals surface area contributed by atoms with Gasteiger partial charge >= 0.3 is 0 Å². The Balaban J connectivity index is 1.74. The minimum Gasteiger partial charge on any atom is -0.328 e. The average Bonchev–Trinajstić information content (AvgIpc) is 3.05. The first-order valence-electron chi connectivity index (χ1n) is 7.87. The van der Waals surface area contributed by atoms with Gasteiger partial charge in [-0.05, 0) is 47.9 Å². The number of thiophene rings is 1. The van der Waals surface area contributed by atoms with Gasteiger partial charge in [0.15, 0.2) is 0 Å². The van der Waals surface area contributed by atoms with E-state index in [-0.39, 0.29) is 22.2 Å². The van der Waals surface area contributed by atoms with Gasteiger partial charge < -0.3 is 4.90 Å². The van der Waals surface area contributed by atoms with E-state index in [4.69, 9.17) is 11.6 Å². The minimum atomic E-state index is -4.12. The first-order chi connectivity index (χ1) is 12.2. The maximum absolute atomic E-state index is 12.6. The summed E-state index contributed by atoms with van der Waals surface area (Å²) < 4.78 is 27.0. The highest BCUT2D eigenvalue weighted by Gasteiger charge is 2.50. The first-order valence-corrected chi connectivity index (χ1v) is 10.7.